The van der Waals surface area contributed by atoms with Crippen molar-refractivity contribution in [3.63, 3.8) is 0 Å². The molecule has 4 aromatic rings. The Balaban J connectivity index is 1.35. The second-order valence-electron chi connectivity index (χ2n) is 8.13. The van der Waals surface area contributed by atoms with Gasteiger partial charge in [-0.25, -0.2) is 4.68 Å². The van der Waals surface area contributed by atoms with Crippen LogP contribution in [-0.2, 0) is 0 Å². The number of aromatic nitrogens is 3. The zero-order valence-electron chi connectivity index (χ0n) is 18.0. The van der Waals surface area contributed by atoms with Gasteiger partial charge in [0.15, 0.2) is 10.8 Å². The summed E-state index contributed by atoms with van der Waals surface area (Å²) in [4.78, 5) is 22.0. The first-order chi connectivity index (χ1) is 15.0. The molecule has 0 aliphatic carbocycles. The summed E-state index contributed by atoms with van der Waals surface area (Å²) in [5, 5.41) is 5.70. The molecule has 1 amide bonds. The van der Waals surface area contributed by atoms with Crippen LogP contribution in [0.5, 0.6) is 0 Å². The molecule has 31 heavy (non-hydrogen) atoms. The van der Waals surface area contributed by atoms with Crippen molar-refractivity contribution in [1.82, 2.24) is 19.7 Å². The maximum absolute atomic E-state index is 12.8. The fourth-order valence-electron chi connectivity index (χ4n) is 3.99. The van der Waals surface area contributed by atoms with E-state index >= 15 is 0 Å². The van der Waals surface area contributed by atoms with Gasteiger partial charge in [0.2, 0.25) is 0 Å². The summed E-state index contributed by atoms with van der Waals surface area (Å²) in [6.07, 6.45) is 0. The smallest absolute Gasteiger partial charge is 0.253 e. The molecule has 1 aliphatic heterocycles. The van der Waals surface area contributed by atoms with Crippen molar-refractivity contribution in [2.75, 3.05) is 31.1 Å². The number of carbonyl (C=O) groups is 1. The molecule has 0 atom stereocenters. The van der Waals surface area contributed by atoms with E-state index in [1.165, 1.54) is 5.56 Å². The van der Waals surface area contributed by atoms with E-state index in [1.807, 2.05) is 47.7 Å². The molecular formula is C24H25N5OS. The van der Waals surface area contributed by atoms with Crippen LogP contribution in [0.25, 0.3) is 16.0 Å². The molecule has 2 aromatic carbocycles. The first-order valence-corrected chi connectivity index (χ1v) is 11.4. The summed E-state index contributed by atoms with van der Waals surface area (Å²) < 4.78 is 3.05. The molecule has 0 N–H and O–H groups in total. The molecule has 158 valence electrons. The number of benzene rings is 2. The minimum atomic E-state index is 0.110. The quantitative estimate of drug-likeness (QED) is 0.483. The van der Waals surface area contributed by atoms with Gasteiger partial charge in [-0.1, -0.05) is 46.7 Å². The minimum Gasteiger partial charge on any atom is -0.344 e. The van der Waals surface area contributed by atoms with Gasteiger partial charge in [0.1, 0.15) is 0 Å². The molecular weight excluding hydrogens is 406 g/mol. The molecule has 0 bridgehead atoms. The summed E-state index contributed by atoms with van der Waals surface area (Å²) in [6, 6.07) is 16.2. The normalized spacial score (nSPS) is 14.4. The second kappa shape index (κ2) is 7.81. The highest BCUT2D eigenvalue weighted by Crippen LogP contribution is 2.33. The molecule has 2 aromatic heterocycles. The van der Waals surface area contributed by atoms with Crippen molar-refractivity contribution >= 4 is 32.7 Å². The van der Waals surface area contributed by atoms with Gasteiger partial charge in [0, 0.05) is 31.7 Å². The van der Waals surface area contributed by atoms with Crippen LogP contribution < -0.4 is 4.90 Å². The lowest BCUT2D eigenvalue weighted by molar-refractivity contribution is 0.0746. The van der Waals surface area contributed by atoms with E-state index in [0.29, 0.717) is 13.1 Å². The lowest BCUT2D eigenvalue weighted by atomic mass is 10.1. The largest absolute Gasteiger partial charge is 0.344 e. The topological polar surface area (TPSA) is 54.3 Å². The number of fused-ring (bicyclic) bond motifs is 1. The van der Waals surface area contributed by atoms with Gasteiger partial charge in [-0.2, -0.15) is 10.1 Å². The van der Waals surface area contributed by atoms with Crippen molar-refractivity contribution in [2.24, 2.45) is 0 Å². The highest BCUT2D eigenvalue weighted by atomic mass is 32.1. The number of rotatable bonds is 3. The molecule has 6 nitrogen and oxygen atoms in total. The molecule has 7 heteroatoms. The highest BCUT2D eigenvalue weighted by molar-refractivity contribution is 7.22. The average Bonchev–Trinajstić information content (AvgIpc) is 3.35. The van der Waals surface area contributed by atoms with E-state index in [1.54, 1.807) is 11.3 Å². The van der Waals surface area contributed by atoms with Gasteiger partial charge < -0.3 is 9.80 Å². The third-order valence-electron chi connectivity index (χ3n) is 5.76. The Morgan fingerprint density at radius 1 is 0.935 bits per heavy atom. The highest BCUT2D eigenvalue weighted by Gasteiger charge is 2.25. The van der Waals surface area contributed by atoms with Crippen LogP contribution in [-0.4, -0.2) is 51.8 Å². The molecule has 3 heterocycles. The van der Waals surface area contributed by atoms with Crippen molar-refractivity contribution in [1.29, 1.82) is 0 Å². The SMILES string of the molecule is Cc1ccc(-n2nc(C)c3sc(N4CCN(C(=O)c5cccc(C)c5)CC4)nc32)cc1. The molecule has 5 rings (SSSR count). The first-order valence-electron chi connectivity index (χ1n) is 10.5. The Labute approximate surface area is 185 Å². The van der Waals surface area contributed by atoms with Crippen LogP contribution in [0, 0.1) is 20.8 Å². The zero-order chi connectivity index (χ0) is 21.5. The maximum Gasteiger partial charge on any atom is 0.253 e. The summed E-state index contributed by atoms with van der Waals surface area (Å²) in [5.41, 5.74) is 6.02. The number of hydrogen-bond acceptors (Lipinski definition) is 5. The second-order valence-corrected chi connectivity index (χ2v) is 9.11. The molecule has 1 fully saturated rings. The number of nitrogens with zero attached hydrogens (tertiary/aromatic N) is 5. The third kappa shape index (κ3) is 3.70. The van der Waals surface area contributed by atoms with E-state index < -0.39 is 0 Å². The standard InChI is InChI=1S/C24H25N5OS/c1-16-7-9-20(10-8-16)29-22-21(18(3)26-29)31-24(25-22)28-13-11-27(12-14-28)23(30)19-6-4-5-17(2)15-19/h4-10,15H,11-14H2,1-3H3. The number of amides is 1. The van der Waals surface area contributed by atoms with Crippen LogP contribution in [0.15, 0.2) is 48.5 Å². The van der Waals surface area contributed by atoms with Crippen molar-refractivity contribution in [3.05, 3.63) is 70.9 Å². The number of anilines is 1. The number of piperazine rings is 1. The molecule has 0 unspecified atom stereocenters. The maximum atomic E-state index is 12.8. The van der Waals surface area contributed by atoms with Crippen molar-refractivity contribution in [3.8, 4) is 5.69 Å². The Morgan fingerprint density at radius 3 is 2.39 bits per heavy atom. The Morgan fingerprint density at radius 2 is 1.68 bits per heavy atom. The van der Waals surface area contributed by atoms with E-state index in [-0.39, 0.29) is 5.91 Å². The lowest BCUT2D eigenvalue weighted by Gasteiger charge is -2.34. The molecule has 0 saturated carbocycles. The summed E-state index contributed by atoms with van der Waals surface area (Å²) >= 11 is 1.69. The molecule has 0 radical (unpaired) electrons. The molecule has 0 spiro atoms. The summed E-state index contributed by atoms with van der Waals surface area (Å²) in [5.74, 6) is 0.110. The number of hydrogen-bond donors (Lipinski definition) is 0. The predicted octanol–water partition coefficient (Wildman–Crippen LogP) is 4.37. The first kappa shape index (κ1) is 19.8. The summed E-state index contributed by atoms with van der Waals surface area (Å²) in [6.45, 7) is 9.10. The van der Waals surface area contributed by atoms with E-state index in [2.05, 4.69) is 36.1 Å². The monoisotopic (exact) mass is 431 g/mol. The summed E-state index contributed by atoms with van der Waals surface area (Å²) in [7, 11) is 0. The fourth-order valence-corrected chi connectivity index (χ4v) is 5.02. The van der Waals surface area contributed by atoms with Crippen molar-refractivity contribution in [2.45, 2.75) is 20.8 Å². The van der Waals surface area contributed by atoms with Crippen LogP contribution in [0.4, 0.5) is 5.13 Å². The molecule has 1 aliphatic rings. The van der Waals surface area contributed by atoms with Gasteiger partial charge in [-0.05, 0) is 45.0 Å². The van der Waals surface area contributed by atoms with Gasteiger partial charge in [0.25, 0.3) is 5.91 Å². The number of aryl methyl sites for hydroxylation is 3. The predicted molar refractivity (Wildman–Crippen MR) is 126 cm³/mol. The van der Waals surface area contributed by atoms with Crippen LogP contribution >= 0.6 is 11.3 Å². The van der Waals surface area contributed by atoms with Gasteiger partial charge in [-0.15, -0.1) is 0 Å². The zero-order valence-corrected chi connectivity index (χ0v) is 18.8. The van der Waals surface area contributed by atoms with E-state index in [9.17, 15) is 4.79 Å². The Kier molecular flexibility index (Phi) is 4.98. The van der Waals surface area contributed by atoms with Crippen LogP contribution in [0.1, 0.15) is 27.2 Å². The van der Waals surface area contributed by atoms with Gasteiger partial charge in [-0.3, -0.25) is 4.79 Å². The fraction of sp³-hybridized carbons (Fsp3) is 0.292. The van der Waals surface area contributed by atoms with Crippen molar-refractivity contribution < 1.29 is 4.79 Å². The third-order valence-corrected chi connectivity index (χ3v) is 6.97. The van der Waals surface area contributed by atoms with E-state index in [4.69, 9.17) is 10.1 Å². The average molecular weight is 432 g/mol. The Hall–Kier alpha value is -3.19. The van der Waals surface area contributed by atoms with Gasteiger partial charge >= 0.3 is 0 Å². The lowest BCUT2D eigenvalue weighted by Crippen LogP contribution is -2.48. The number of carbonyl (C=O) groups excluding carboxylic acids is 1. The van der Waals surface area contributed by atoms with Crippen LogP contribution in [0.2, 0.25) is 0 Å². The molecule has 1 saturated heterocycles. The number of thiazole rings is 1. The Bertz CT molecular complexity index is 1250. The van der Waals surface area contributed by atoms with E-state index in [0.717, 1.165) is 51.1 Å². The van der Waals surface area contributed by atoms with Crippen LogP contribution in [0.3, 0.4) is 0 Å². The minimum absolute atomic E-state index is 0.110. The van der Waals surface area contributed by atoms with Gasteiger partial charge in [0.05, 0.1) is 16.1 Å².